The number of aryl methyl sites for hydroxylation is 1. The van der Waals surface area contributed by atoms with Crippen LogP contribution in [0.5, 0.6) is 5.75 Å². The van der Waals surface area contributed by atoms with Gasteiger partial charge in [-0.2, -0.15) is 17.0 Å². The quantitative estimate of drug-likeness (QED) is 0.745. The number of ether oxygens (including phenoxy) is 1. The molecule has 2 fully saturated rings. The third kappa shape index (κ3) is 4.74. The van der Waals surface area contributed by atoms with Crippen LogP contribution >= 0.6 is 0 Å². The minimum Gasteiger partial charge on any atom is -0.494 e. The zero-order valence-corrected chi connectivity index (χ0v) is 16.0. The first-order valence-electron chi connectivity index (χ1n) is 9.56. The van der Waals surface area contributed by atoms with E-state index in [-0.39, 0.29) is 0 Å². The predicted octanol–water partition coefficient (Wildman–Crippen LogP) is 3.07. The molecule has 6 heteroatoms. The first-order valence-corrected chi connectivity index (χ1v) is 11.0. The lowest BCUT2D eigenvalue weighted by atomic mass is 9.91. The molecule has 140 valence electrons. The van der Waals surface area contributed by atoms with Crippen molar-refractivity contribution < 1.29 is 13.2 Å². The Hall–Kier alpha value is -1.11. The van der Waals surface area contributed by atoms with Crippen molar-refractivity contribution in [2.24, 2.45) is 5.92 Å². The molecule has 0 spiro atoms. The molecule has 0 radical (unpaired) electrons. The van der Waals surface area contributed by atoms with Crippen molar-refractivity contribution in [2.75, 3.05) is 32.8 Å². The van der Waals surface area contributed by atoms with Gasteiger partial charge in [0.05, 0.1) is 6.61 Å². The van der Waals surface area contributed by atoms with E-state index in [1.807, 2.05) is 19.1 Å². The van der Waals surface area contributed by atoms with Crippen molar-refractivity contribution in [2.45, 2.75) is 45.4 Å². The van der Waals surface area contributed by atoms with Crippen molar-refractivity contribution in [3.05, 3.63) is 29.8 Å². The van der Waals surface area contributed by atoms with Crippen LogP contribution in [0.1, 0.15) is 44.6 Å². The average molecular weight is 367 g/mol. The highest BCUT2D eigenvalue weighted by Crippen LogP contribution is 2.26. The van der Waals surface area contributed by atoms with Crippen molar-refractivity contribution in [1.29, 1.82) is 0 Å². The normalized spacial score (nSPS) is 20.8. The second-order valence-electron chi connectivity index (χ2n) is 7.07. The summed E-state index contributed by atoms with van der Waals surface area (Å²) in [5, 5.41) is 0. The van der Waals surface area contributed by atoms with E-state index in [1.54, 1.807) is 8.61 Å². The topological polar surface area (TPSA) is 49.9 Å². The Balaban J connectivity index is 1.44. The Morgan fingerprint density at radius 2 is 1.60 bits per heavy atom. The maximum absolute atomic E-state index is 12.6. The molecule has 3 rings (SSSR count). The Labute approximate surface area is 152 Å². The third-order valence-electron chi connectivity index (χ3n) is 5.37. The standard InChI is InChI=1S/C19H30N2O3S/c1-2-24-19-9-7-17(8-10-19)5-6-18-11-15-21(16-12-18)25(22,23)20-13-3-4-14-20/h7-10,18H,2-6,11-16H2,1H3. The van der Waals surface area contributed by atoms with Gasteiger partial charge in [0, 0.05) is 26.2 Å². The van der Waals surface area contributed by atoms with E-state index >= 15 is 0 Å². The molecule has 2 aliphatic heterocycles. The molecule has 0 aliphatic carbocycles. The van der Waals surface area contributed by atoms with Crippen molar-refractivity contribution in [3.63, 3.8) is 0 Å². The van der Waals surface area contributed by atoms with Gasteiger partial charge in [-0.25, -0.2) is 0 Å². The van der Waals surface area contributed by atoms with Crippen LogP contribution in [0, 0.1) is 5.92 Å². The van der Waals surface area contributed by atoms with Crippen LogP contribution in [-0.4, -0.2) is 49.8 Å². The van der Waals surface area contributed by atoms with Gasteiger partial charge in [0.2, 0.25) is 0 Å². The molecule has 1 aromatic rings. The molecule has 0 amide bonds. The van der Waals surface area contributed by atoms with Crippen molar-refractivity contribution >= 4 is 10.2 Å². The summed E-state index contributed by atoms with van der Waals surface area (Å²) in [5.41, 5.74) is 1.33. The summed E-state index contributed by atoms with van der Waals surface area (Å²) in [7, 11) is -3.21. The van der Waals surface area contributed by atoms with Crippen LogP contribution in [0.15, 0.2) is 24.3 Å². The van der Waals surface area contributed by atoms with Gasteiger partial charge in [0.25, 0.3) is 10.2 Å². The number of hydrogen-bond acceptors (Lipinski definition) is 3. The van der Waals surface area contributed by atoms with Gasteiger partial charge in [-0.05, 0) is 69.1 Å². The van der Waals surface area contributed by atoms with Gasteiger partial charge in [0.15, 0.2) is 0 Å². The van der Waals surface area contributed by atoms with Crippen LogP contribution in [0.4, 0.5) is 0 Å². The Morgan fingerprint density at radius 3 is 2.20 bits per heavy atom. The number of rotatable bonds is 7. The van der Waals surface area contributed by atoms with E-state index in [4.69, 9.17) is 4.74 Å². The van der Waals surface area contributed by atoms with Gasteiger partial charge >= 0.3 is 0 Å². The smallest absolute Gasteiger partial charge is 0.281 e. The molecule has 2 saturated heterocycles. The van der Waals surface area contributed by atoms with Gasteiger partial charge in [0.1, 0.15) is 5.75 Å². The fourth-order valence-corrected chi connectivity index (χ4v) is 5.52. The highest BCUT2D eigenvalue weighted by Gasteiger charge is 2.33. The van der Waals surface area contributed by atoms with Crippen LogP contribution in [0.3, 0.4) is 0 Å². The third-order valence-corrected chi connectivity index (χ3v) is 7.40. The molecule has 25 heavy (non-hydrogen) atoms. The number of nitrogens with zero attached hydrogens (tertiary/aromatic N) is 2. The lowest BCUT2D eigenvalue weighted by Gasteiger charge is -2.33. The summed E-state index contributed by atoms with van der Waals surface area (Å²) in [4.78, 5) is 0. The molecule has 0 atom stereocenters. The largest absolute Gasteiger partial charge is 0.494 e. The van der Waals surface area contributed by atoms with Crippen molar-refractivity contribution in [1.82, 2.24) is 8.61 Å². The summed E-state index contributed by atoms with van der Waals surface area (Å²) in [6.45, 7) is 5.42. The highest BCUT2D eigenvalue weighted by molar-refractivity contribution is 7.86. The zero-order valence-electron chi connectivity index (χ0n) is 15.2. The van der Waals surface area contributed by atoms with E-state index in [1.165, 1.54) is 5.56 Å². The van der Waals surface area contributed by atoms with Crippen LogP contribution in [0.2, 0.25) is 0 Å². The van der Waals surface area contributed by atoms with E-state index < -0.39 is 10.2 Å². The molecule has 0 saturated carbocycles. The highest BCUT2D eigenvalue weighted by atomic mass is 32.2. The molecular formula is C19H30N2O3S. The number of piperidine rings is 1. The second-order valence-corrected chi connectivity index (χ2v) is 9.00. The van der Waals surface area contributed by atoms with Gasteiger partial charge in [-0.1, -0.05) is 12.1 Å². The van der Waals surface area contributed by atoms with Crippen LogP contribution in [0.25, 0.3) is 0 Å². The van der Waals surface area contributed by atoms with Crippen LogP contribution < -0.4 is 4.74 Å². The van der Waals surface area contributed by atoms with Gasteiger partial charge in [-0.3, -0.25) is 0 Å². The van der Waals surface area contributed by atoms with E-state index in [0.29, 0.717) is 38.7 Å². The van der Waals surface area contributed by atoms with E-state index in [2.05, 4.69) is 12.1 Å². The van der Waals surface area contributed by atoms with E-state index in [0.717, 1.165) is 44.3 Å². The molecule has 5 nitrogen and oxygen atoms in total. The lowest BCUT2D eigenvalue weighted by Crippen LogP contribution is -2.46. The van der Waals surface area contributed by atoms with Gasteiger partial charge in [-0.15, -0.1) is 0 Å². The summed E-state index contributed by atoms with van der Waals surface area (Å²) < 4.78 is 34.0. The SMILES string of the molecule is CCOc1ccc(CCC2CCN(S(=O)(=O)N3CCCC3)CC2)cc1. The minimum atomic E-state index is -3.21. The minimum absolute atomic E-state index is 0.622. The van der Waals surface area contributed by atoms with Crippen molar-refractivity contribution in [3.8, 4) is 5.75 Å². The predicted molar refractivity (Wildman–Crippen MR) is 100.0 cm³/mol. The molecule has 2 aliphatic rings. The Morgan fingerprint density at radius 1 is 1.00 bits per heavy atom. The monoisotopic (exact) mass is 366 g/mol. The fourth-order valence-electron chi connectivity index (χ4n) is 3.80. The second kappa shape index (κ2) is 8.52. The summed E-state index contributed by atoms with van der Waals surface area (Å²) in [6.07, 6.45) is 6.13. The van der Waals surface area contributed by atoms with Crippen LogP contribution in [-0.2, 0) is 16.6 Å². The Bertz CT molecular complexity index is 631. The zero-order chi connectivity index (χ0) is 17.7. The number of hydrogen-bond donors (Lipinski definition) is 0. The molecular weight excluding hydrogens is 336 g/mol. The molecule has 1 aromatic carbocycles. The Kier molecular flexibility index (Phi) is 6.36. The molecule has 0 N–H and O–H groups in total. The number of benzene rings is 1. The van der Waals surface area contributed by atoms with Gasteiger partial charge < -0.3 is 4.74 Å². The lowest BCUT2D eigenvalue weighted by molar-refractivity contribution is 0.250. The summed E-state index contributed by atoms with van der Waals surface area (Å²) in [5.74, 6) is 1.54. The fraction of sp³-hybridized carbons (Fsp3) is 0.684. The molecule has 0 unspecified atom stereocenters. The first-order chi connectivity index (χ1) is 12.1. The first kappa shape index (κ1) is 18.7. The maximum Gasteiger partial charge on any atom is 0.281 e. The van der Waals surface area contributed by atoms with E-state index in [9.17, 15) is 8.42 Å². The average Bonchev–Trinajstić information content (AvgIpc) is 3.17. The summed E-state index contributed by atoms with van der Waals surface area (Å²) in [6, 6.07) is 8.34. The summed E-state index contributed by atoms with van der Waals surface area (Å²) >= 11 is 0. The molecule has 0 aromatic heterocycles. The molecule has 0 bridgehead atoms. The maximum atomic E-state index is 12.6. The molecule has 2 heterocycles.